The fourth-order valence-electron chi connectivity index (χ4n) is 2.05. The molecular weight excluding hydrogens is 208 g/mol. The molecule has 0 spiro atoms. The van der Waals surface area contributed by atoms with Crippen molar-refractivity contribution in [2.45, 2.75) is 19.8 Å². The molecule has 0 aliphatic heterocycles. The highest BCUT2D eigenvalue weighted by Crippen LogP contribution is 2.30. The van der Waals surface area contributed by atoms with E-state index in [0.29, 0.717) is 5.92 Å². The van der Waals surface area contributed by atoms with Crippen LogP contribution in [0.3, 0.4) is 0 Å². The van der Waals surface area contributed by atoms with E-state index < -0.39 is 0 Å². The lowest BCUT2D eigenvalue weighted by Gasteiger charge is -2.13. The molecule has 0 aliphatic carbocycles. The summed E-state index contributed by atoms with van der Waals surface area (Å²) in [5, 5.41) is 0. The summed E-state index contributed by atoms with van der Waals surface area (Å²) in [5.74, 6) is 1.43. The molecule has 0 radical (unpaired) electrons. The molecule has 0 heterocycles. The number of hydrogen-bond donors (Lipinski definition) is 0. The van der Waals surface area contributed by atoms with E-state index in [1.54, 1.807) is 7.11 Å². The minimum Gasteiger partial charge on any atom is -0.497 e. The highest BCUT2D eigenvalue weighted by Gasteiger charge is 2.08. The third-order valence-electron chi connectivity index (χ3n) is 2.96. The van der Waals surface area contributed by atoms with E-state index in [1.165, 1.54) is 16.7 Å². The third-order valence-corrected chi connectivity index (χ3v) is 2.96. The van der Waals surface area contributed by atoms with Crippen molar-refractivity contribution in [2.75, 3.05) is 7.11 Å². The maximum absolute atomic E-state index is 5.28. The molecule has 0 aromatic heterocycles. The van der Waals surface area contributed by atoms with Crippen LogP contribution < -0.4 is 4.74 Å². The van der Waals surface area contributed by atoms with E-state index in [4.69, 9.17) is 4.74 Å². The van der Waals surface area contributed by atoms with Gasteiger partial charge in [0.15, 0.2) is 0 Å². The highest BCUT2D eigenvalue weighted by molar-refractivity contribution is 5.69. The number of methoxy groups -OCH3 is 1. The quantitative estimate of drug-likeness (QED) is 0.749. The van der Waals surface area contributed by atoms with Crippen LogP contribution in [0.4, 0.5) is 0 Å². The van der Waals surface area contributed by atoms with Crippen LogP contribution in [0.5, 0.6) is 5.75 Å². The molecule has 0 fully saturated rings. The van der Waals surface area contributed by atoms with E-state index in [0.717, 1.165) is 5.75 Å². The molecule has 0 saturated carbocycles. The van der Waals surface area contributed by atoms with Gasteiger partial charge in [-0.1, -0.05) is 50.2 Å². The average Bonchev–Trinajstić information content (AvgIpc) is 2.39. The second-order valence-corrected chi connectivity index (χ2v) is 4.47. The zero-order chi connectivity index (χ0) is 12.3. The zero-order valence-electron chi connectivity index (χ0n) is 10.6. The third kappa shape index (κ3) is 2.50. The second kappa shape index (κ2) is 5.05. The van der Waals surface area contributed by atoms with Gasteiger partial charge in [-0.2, -0.15) is 0 Å². The monoisotopic (exact) mass is 226 g/mol. The van der Waals surface area contributed by atoms with Crippen molar-refractivity contribution < 1.29 is 4.74 Å². The first-order valence-electron chi connectivity index (χ1n) is 5.95. The molecule has 0 aliphatic rings. The van der Waals surface area contributed by atoms with Crippen molar-refractivity contribution in [3.05, 3.63) is 54.1 Å². The fourth-order valence-corrected chi connectivity index (χ4v) is 2.05. The van der Waals surface area contributed by atoms with Gasteiger partial charge in [0.2, 0.25) is 0 Å². The van der Waals surface area contributed by atoms with Crippen LogP contribution in [0.25, 0.3) is 11.1 Å². The van der Waals surface area contributed by atoms with Gasteiger partial charge in [-0.05, 0) is 34.7 Å². The predicted molar refractivity (Wildman–Crippen MR) is 72.5 cm³/mol. The lowest BCUT2D eigenvalue weighted by molar-refractivity contribution is 0.415. The zero-order valence-corrected chi connectivity index (χ0v) is 10.6. The average molecular weight is 226 g/mol. The predicted octanol–water partition coefficient (Wildman–Crippen LogP) is 4.49. The van der Waals surface area contributed by atoms with Gasteiger partial charge in [0.1, 0.15) is 5.75 Å². The first kappa shape index (κ1) is 11.7. The molecule has 0 saturated heterocycles. The molecule has 0 amide bonds. The topological polar surface area (TPSA) is 9.23 Å². The molecule has 88 valence electrons. The Morgan fingerprint density at radius 3 is 2.41 bits per heavy atom. The molecule has 0 atom stereocenters. The molecule has 17 heavy (non-hydrogen) atoms. The smallest absolute Gasteiger partial charge is 0.119 e. The van der Waals surface area contributed by atoms with Crippen molar-refractivity contribution in [3.8, 4) is 16.9 Å². The molecule has 0 unspecified atom stereocenters. The van der Waals surface area contributed by atoms with Gasteiger partial charge in [-0.15, -0.1) is 0 Å². The molecule has 2 aromatic carbocycles. The van der Waals surface area contributed by atoms with Gasteiger partial charge in [0.25, 0.3) is 0 Å². The van der Waals surface area contributed by atoms with Crippen LogP contribution in [-0.4, -0.2) is 7.11 Å². The molecule has 2 aromatic rings. The number of ether oxygens (including phenoxy) is 1. The van der Waals surface area contributed by atoms with Gasteiger partial charge in [0, 0.05) is 0 Å². The van der Waals surface area contributed by atoms with Gasteiger partial charge in [0.05, 0.1) is 7.11 Å². The number of hydrogen-bond acceptors (Lipinski definition) is 1. The summed E-state index contributed by atoms with van der Waals surface area (Å²) in [6.45, 7) is 4.44. The molecule has 0 bridgehead atoms. The summed E-state index contributed by atoms with van der Waals surface area (Å²) in [6, 6.07) is 16.8. The lowest BCUT2D eigenvalue weighted by Crippen LogP contribution is -1.92. The van der Waals surface area contributed by atoms with E-state index in [9.17, 15) is 0 Å². The Labute approximate surface area is 103 Å². The van der Waals surface area contributed by atoms with Crippen LogP contribution in [0.15, 0.2) is 48.5 Å². The van der Waals surface area contributed by atoms with Crippen molar-refractivity contribution >= 4 is 0 Å². The molecule has 2 rings (SSSR count). The van der Waals surface area contributed by atoms with Crippen molar-refractivity contribution in [1.29, 1.82) is 0 Å². The minimum atomic E-state index is 0.525. The van der Waals surface area contributed by atoms with Crippen LogP contribution in [-0.2, 0) is 0 Å². The van der Waals surface area contributed by atoms with Crippen LogP contribution in [0, 0.1) is 0 Å². The maximum Gasteiger partial charge on any atom is 0.119 e. The Morgan fingerprint density at radius 2 is 1.71 bits per heavy atom. The Morgan fingerprint density at radius 1 is 0.941 bits per heavy atom. The standard InChI is InChI=1S/C16H18O/c1-12(2)15-9-4-5-10-16(15)13-7-6-8-14(11-13)17-3/h4-12H,1-3H3. The summed E-state index contributed by atoms with van der Waals surface area (Å²) in [6.07, 6.45) is 0. The van der Waals surface area contributed by atoms with E-state index in [2.05, 4.69) is 50.2 Å². The summed E-state index contributed by atoms with van der Waals surface area (Å²) >= 11 is 0. The molecular formula is C16H18O. The van der Waals surface area contributed by atoms with E-state index in [1.807, 2.05) is 12.1 Å². The van der Waals surface area contributed by atoms with Crippen molar-refractivity contribution in [3.63, 3.8) is 0 Å². The number of rotatable bonds is 3. The minimum absolute atomic E-state index is 0.525. The summed E-state index contributed by atoms with van der Waals surface area (Å²) in [5.41, 5.74) is 3.89. The maximum atomic E-state index is 5.28. The molecule has 1 heteroatoms. The van der Waals surface area contributed by atoms with Crippen LogP contribution in [0.1, 0.15) is 25.3 Å². The number of benzene rings is 2. The van der Waals surface area contributed by atoms with Crippen LogP contribution >= 0.6 is 0 Å². The first-order valence-corrected chi connectivity index (χ1v) is 5.95. The SMILES string of the molecule is COc1cccc(-c2ccccc2C(C)C)c1. The highest BCUT2D eigenvalue weighted by atomic mass is 16.5. The van der Waals surface area contributed by atoms with E-state index in [-0.39, 0.29) is 0 Å². The Balaban J connectivity index is 2.52. The van der Waals surface area contributed by atoms with Gasteiger partial charge in [-0.25, -0.2) is 0 Å². The van der Waals surface area contributed by atoms with Gasteiger partial charge in [-0.3, -0.25) is 0 Å². The summed E-state index contributed by atoms with van der Waals surface area (Å²) in [7, 11) is 1.70. The fraction of sp³-hybridized carbons (Fsp3) is 0.250. The van der Waals surface area contributed by atoms with Gasteiger partial charge < -0.3 is 4.74 Å². The Hall–Kier alpha value is -1.76. The Bertz CT molecular complexity index is 500. The van der Waals surface area contributed by atoms with Crippen LogP contribution in [0.2, 0.25) is 0 Å². The Kier molecular flexibility index (Phi) is 3.48. The first-order chi connectivity index (χ1) is 8.22. The van der Waals surface area contributed by atoms with Crippen molar-refractivity contribution in [1.82, 2.24) is 0 Å². The largest absolute Gasteiger partial charge is 0.497 e. The lowest BCUT2D eigenvalue weighted by atomic mass is 9.93. The summed E-state index contributed by atoms with van der Waals surface area (Å²) in [4.78, 5) is 0. The normalized spacial score (nSPS) is 10.6. The van der Waals surface area contributed by atoms with E-state index >= 15 is 0 Å². The van der Waals surface area contributed by atoms with Gasteiger partial charge >= 0.3 is 0 Å². The summed E-state index contributed by atoms with van der Waals surface area (Å²) < 4.78 is 5.28. The van der Waals surface area contributed by atoms with Crippen molar-refractivity contribution in [2.24, 2.45) is 0 Å². The molecule has 0 N–H and O–H groups in total. The molecule has 1 nitrogen and oxygen atoms in total. The second-order valence-electron chi connectivity index (χ2n) is 4.47.